The molecule has 19 heavy (non-hydrogen) atoms. The Bertz CT molecular complexity index is 394. The number of aliphatic hydroxyl groups is 1. The third kappa shape index (κ3) is 5.13. The van der Waals surface area contributed by atoms with Crippen LogP contribution in [0.15, 0.2) is 24.3 Å². The van der Waals surface area contributed by atoms with Crippen molar-refractivity contribution in [3.05, 3.63) is 34.9 Å². The van der Waals surface area contributed by atoms with Gasteiger partial charge in [-0.1, -0.05) is 23.7 Å². The molecule has 1 aromatic carbocycles. The second-order valence-corrected chi connectivity index (χ2v) is 6.24. The predicted molar refractivity (Wildman–Crippen MR) is 80.4 cm³/mol. The van der Waals surface area contributed by atoms with Crippen LogP contribution in [-0.4, -0.2) is 29.2 Å². The fraction of sp³-hybridized carbons (Fsp3) is 0.625. The summed E-state index contributed by atoms with van der Waals surface area (Å²) in [5.74, 6) is 0.738. The molecule has 1 aliphatic rings. The molecular formula is C16H24ClNO. The van der Waals surface area contributed by atoms with E-state index < -0.39 is 0 Å². The van der Waals surface area contributed by atoms with Gasteiger partial charge in [0, 0.05) is 18.1 Å². The lowest BCUT2D eigenvalue weighted by Gasteiger charge is -2.33. The van der Waals surface area contributed by atoms with Crippen LogP contribution >= 0.6 is 11.6 Å². The first-order valence-electron chi connectivity index (χ1n) is 7.28. The summed E-state index contributed by atoms with van der Waals surface area (Å²) in [6.07, 6.45) is 4.48. The topological polar surface area (TPSA) is 23.5 Å². The standard InChI is InChI=1S/C16H24ClNO/c1-13(19)7-8-14-5-3-9-18(11-14)12-15-4-2-6-16(17)10-15/h2,4,6,10,13-14,19H,3,5,7-9,11-12H2,1H3. The number of rotatable bonds is 5. The van der Waals surface area contributed by atoms with E-state index in [-0.39, 0.29) is 6.10 Å². The van der Waals surface area contributed by atoms with E-state index in [1.807, 2.05) is 19.1 Å². The van der Waals surface area contributed by atoms with Crippen molar-refractivity contribution >= 4 is 11.6 Å². The van der Waals surface area contributed by atoms with Gasteiger partial charge in [0.15, 0.2) is 0 Å². The lowest BCUT2D eigenvalue weighted by atomic mass is 9.92. The summed E-state index contributed by atoms with van der Waals surface area (Å²) in [6, 6.07) is 8.14. The van der Waals surface area contributed by atoms with Crippen molar-refractivity contribution in [2.75, 3.05) is 13.1 Å². The van der Waals surface area contributed by atoms with E-state index in [0.29, 0.717) is 0 Å². The van der Waals surface area contributed by atoms with Gasteiger partial charge < -0.3 is 5.11 Å². The maximum absolute atomic E-state index is 9.39. The van der Waals surface area contributed by atoms with E-state index in [1.165, 1.54) is 24.9 Å². The van der Waals surface area contributed by atoms with Crippen LogP contribution < -0.4 is 0 Å². The van der Waals surface area contributed by atoms with Crippen LogP contribution in [-0.2, 0) is 6.54 Å². The monoisotopic (exact) mass is 281 g/mol. The maximum Gasteiger partial charge on any atom is 0.0512 e. The molecule has 2 unspecified atom stereocenters. The molecule has 0 saturated carbocycles. The smallest absolute Gasteiger partial charge is 0.0512 e. The molecule has 0 aromatic heterocycles. The first-order chi connectivity index (χ1) is 9.13. The SMILES string of the molecule is CC(O)CCC1CCCN(Cc2cccc(Cl)c2)C1. The van der Waals surface area contributed by atoms with E-state index in [0.717, 1.165) is 36.9 Å². The first kappa shape index (κ1) is 14.8. The molecule has 0 aliphatic carbocycles. The minimum Gasteiger partial charge on any atom is -0.393 e. The van der Waals surface area contributed by atoms with E-state index in [2.05, 4.69) is 17.0 Å². The summed E-state index contributed by atoms with van der Waals surface area (Å²) >= 11 is 6.03. The number of benzene rings is 1. The zero-order valence-electron chi connectivity index (χ0n) is 11.7. The summed E-state index contributed by atoms with van der Waals surface area (Å²) in [4.78, 5) is 2.52. The summed E-state index contributed by atoms with van der Waals surface area (Å²) in [7, 11) is 0. The highest BCUT2D eigenvalue weighted by atomic mass is 35.5. The van der Waals surface area contributed by atoms with E-state index in [4.69, 9.17) is 11.6 Å². The number of nitrogens with zero attached hydrogens (tertiary/aromatic N) is 1. The van der Waals surface area contributed by atoms with Crippen molar-refractivity contribution in [3.63, 3.8) is 0 Å². The van der Waals surface area contributed by atoms with Crippen LogP contribution in [0.5, 0.6) is 0 Å². The number of halogens is 1. The van der Waals surface area contributed by atoms with Crippen LogP contribution in [0, 0.1) is 5.92 Å². The molecule has 1 fully saturated rings. The van der Waals surface area contributed by atoms with Gasteiger partial charge >= 0.3 is 0 Å². The Morgan fingerprint density at radius 2 is 2.32 bits per heavy atom. The molecule has 0 amide bonds. The summed E-state index contributed by atoms with van der Waals surface area (Å²) in [5, 5.41) is 10.2. The Morgan fingerprint density at radius 3 is 3.05 bits per heavy atom. The van der Waals surface area contributed by atoms with Crippen molar-refractivity contribution in [1.82, 2.24) is 4.90 Å². The van der Waals surface area contributed by atoms with Crippen molar-refractivity contribution in [3.8, 4) is 0 Å². The molecule has 1 aromatic rings. The van der Waals surface area contributed by atoms with Gasteiger partial charge in [0.25, 0.3) is 0 Å². The third-order valence-electron chi connectivity index (χ3n) is 3.89. The van der Waals surface area contributed by atoms with Crippen LogP contribution in [0.2, 0.25) is 5.02 Å². The number of hydrogen-bond acceptors (Lipinski definition) is 2. The Balaban J connectivity index is 1.83. The van der Waals surface area contributed by atoms with Crippen molar-refractivity contribution in [2.45, 2.75) is 45.3 Å². The second kappa shape index (κ2) is 7.28. The van der Waals surface area contributed by atoms with Crippen molar-refractivity contribution in [2.24, 2.45) is 5.92 Å². The van der Waals surface area contributed by atoms with Gasteiger partial charge in [-0.25, -0.2) is 0 Å². The molecular weight excluding hydrogens is 258 g/mol. The lowest BCUT2D eigenvalue weighted by molar-refractivity contribution is 0.133. The lowest BCUT2D eigenvalue weighted by Crippen LogP contribution is -2.35. The van der Waals surface area contributed by atoms with Gasteiger partial charge in [0.05, 0.1) is 6.10 Å². The fourth-order valence-electron chi connectivity index (χ4n) is 2.90. The number of hydrogen-bond donors (Lipinski definition) is 1. The zero-order valence-corrected chi connectivity index (χ0v) is 12.4. The van der Waals surface area contributed by atoms with E-state index >= 15 is 0 Å². The maximum atomic E-state index is 9.39. The fourth-order valence-corrected chi connectivity index (χ4v) is 3.11. The summed E-state index contributed by atoms with van der Waals surface area (Å²) in [6.45, 7) is 5.20. The molecule has 106 valence electrons. The number of likely N-dealkylation sites (tertiary alicyclic amines) is 1. The summed E-state index contributed by atoms with van der Waals surface area (Å²) in [5.41, 5.74) is 1.30. The molecule has 0 radical (unpaired) electrons. The van der Waals surface area contributed by atoms with Crippen molar-refractivity contribution < 1.29 is 5.11 Å². The largest absolute Gasteiger partial charge is 0.393 e. The quantitative estimate of drug-likeness (QED) is 0.889. The molecule has 2 nitrogen and oxygen atoms in total. The van der Waals surface area contributed by atoms with E-state index in [1.54, 1.807) is 0 Å². The van der Waals surface area contributed by atoms with E-state index in [9.17, 15) is 5.11 Å². The predicted octanol–water partition coefficient (Wildman–Crippen LogP) is 3.71. The van der Waals surface area contributed by atoms with Gasteiger partial charge in [-0.2, -0.15) is 0 Å². The highest BCUT2D eigenvalue weighted by molar-refractivity contribution is 6.30. The second-order valence-electron chi connectivity index (χ2n) is 5.80. The highest BCUT2D eigenvalue weighted by Gasteiger charge is 2.20. The Labute approximate surface area is 121 Å². The molecule has 1 saturated heterocycles. The third-order valence-corrected chi connectivity index (χ3v) is 4.13. The Hall–Kier alpha value is -0.570. The molecule has 0 spiro atoms. The molecule has 2 atom stereocenters. The molecule has 2 rings (SSSR count). The minimum atomic E-state index is -0.164. The van der Waals surface area contributed by atoms with Crippen molar-refractivity contribution in [1.29, 1.82) is 0 Å². The van der Waals surface area contributed by atoms with Crippen LogP contribution in [0.4, 0.5) is 0 Å². The van der Waals surface area contributed by atoms with Crippen LogP contribution in [0.25, 0.3) is 0 Å². The van der Waals surface area contributed by atoms with Gasteiger partial charge in [0.1, 0.15) is 0 Å². The van der Waals surface area contributed by atoms with Crippen LogP contribution in [0.3, 0.4) is 0 Å². The van der Waals surface area contributed by atoms with Gasteiger partial charge in [-0.15, -0.1) is 0 Å². The van der Waals surface area contributed by atoms with Gasteiger partial charge in [-0.05, 0) is 62.8 Å². The first-order valence-corrected chi connectivity index (χ1v) is 7.66. The summed E-state index contributed by atoms with van der Waals surface area (Å²) < 4.78 is 0. The van der Waals surface area contributed by atoms with Gasteiger partial charge in [-0.3, -0.25) is 4.90 Å². The van der Waals surface area contributed by atoms with Crippen LogP contribution in [0.1, 0.15) is 38.2 Å². The zero-order chi connectivity index (χ0) is 13.7. The Morgan fingerprint density at radius 1 is 1.47 bits per heavy atom. The average molecular weight is 282 g/mol. The average Bonchev–Trinajstić information content (AvgIpc) is 2.37. The molecule has 3 heteroatoms. The number of aliphatic hydroxyl groups excluding tert-OH is 1. The normalized spacial score (nSPS) is 22.4. The number of piperidine rings is 1. The highest BCUT2D eigenvalue weighted by Crippen LogP contribution is 2.23. The minimum absolute atomic E-state index is 0.164. The van der Waals surface area contributed by atoms with Gasteiger partial charge in [0.2, 0.25) is 0 Å². The molecule has 1 heterocycles. The Kier molecular flexibility index (Phi) is 5.68. The molecule has 0 bridgehead atoms. The molecule has 1 N–H and O–H groups in total. The molecule has 1 aliphatic heterocycles.